The topological polar surface area (TPSA) is 67.4 Å². The maximum absolute atomic E-state index is 12.6. The average molecular weight is 379 g/mol. The fourth-order valence-corrected chi connectivity index (χ4v) is 2.98. The predicted molar refractivity (Wildman–Crippen MR) is 109 cm³/mol. The van der Waals surface area contributed by atoms with E-state index < -0.39 is 0 Å². The van der Waals surface area contributed by atoms with Gasteiger partial charge in [-0.25, -0.2) is 0 Å². The third-order valence-electron chi connectivity index (χ3n) is 4.62. The molecule has 146 valence electrons. The number of benzene rings is 2. The Morgan fingerprint density at radius 3 is 2.54 bits per heavy atom. The molecule has 1 heterocycles. The number of carbonyl (C=O) groups is 1. The summed E-state index contributed by atoms with van der Waals surface area (Å²) in [5.74, 6) is 0.798. The number of nitrogens with zero attached hydrogens (tertiary/aromatic N) is 2. The quantitative estimate of drug-likeness (QED) is 0.645. The molecule has 28 heavy (non-hydrogen) atoms. The molecule has 0 fully saturated rings. The molecule has 6 heteroatoms. The standard InChI is InChI=1S/C22H25N3O3/c1-4-25(12-13-27-2)22(26)17-10-8-16(9-11-17)20-15-21(24-23-20)18-6-5-7-19(14-18)28-3/h5-11,14-15H,4,12-13H2,1-3H3,(H,23,24). The number of rotatable bonds is 8. The molecule has 0 aliphatic heterocycles. The maximum Gasteiger partial charge on any atom is 0.253 e. The molecule has 0 unspecified atom stereocenters. The molecule has 0 radical (unpaired) electrons. The lowest BCUT2D eigenvalue weighted by Gasteiger charge is -2.20. The summed E-state index contributed by atoms with van der Waals surface area (Å²) in [4.78, 5) is 14.4. The van der Waals surface area contributed by atoms with E-state index in [1.165, 1.54) is 0 Å². The van der Waals surface area contributed by atoms with Gasteiger partial charge in [-0.05, 0) is 42.8 Å². The van der Waals surface area contributed by atoms with E-state index in [2.05, 4.69) is 10.2 Å². The Bertz CT molecular complexity index is 919. The molecule has 1 N–H and O–H groups in total. The molecule has 0 aliphatic carbocycles. The third kappa shape index (κ3) is 4.40. The van der Waals surface area contributed by atoms with Crippen molar-refractivity contribution < 1.29 is 14.3 Å². The molecule has 3 aromatic rings. The van der Waals surface area contributed by atoms with Gasteiger partial charge in [-0.3, -0.25) is 9.89 Å². The van der Waals surface area contributed by atoms with Gasteiger partial charge in [-0.2, -0.15) is 5.10 Å². The molecule has 1 amide bonds. The monoisotopic (exact) mass is 379 g/mol. The normalized spacial score (nSPS) is 10.7. The Balaban J connectivity index is 1.77. The highest BCUT2D eigenvalue weighted by Crippen LogP contribution is 2.26. The second-order valence-electron chi connectivity index (χ2n) is 6.35. The first kappa shape index (κ1) is 19.6. The highest BCUT2D eigenvalue weighted by atomic mass is 16.5. The van der Waals surface area contributed by atoms with Crippen LogP contribution in [0.2, 0.25) is 0 Å². The maximum atomic E-state index is 12.6. The van der Waals surface area contributed by atoms with Crippen LogP contribution < -0.4 is 4.74 Å². The van der Waals surface area contributed by atoms with Crippen molar-refractivity contribution in [1.82, 2.24) is 15.1 Å². The summed E-state index contributed by atoms with van der Waals surface area (Å²) in [5.41, 5.74) is 4.34. The van der Waals surface area contributed by atoms with Crippen molar-refractivity contribution >= 4 is 5.91 Å². The van der Waals surface area contributed by atoms with E-state index in [-0.39, 0.29) is 5.91 Å². The van der Waals surface area contributed by atoms with Crippen molar-refractivity contribution in [2.75, 3.05) is 33.9 Å². The molecule has 0 aliphatic rings. The number of hydrogen-bond acceptors (Lipinski definition) is 4. The van der Waals surface area contributed by atoms with Crippen LogP contribution in [0.25, 0.3) is 22.5 Å². The lowest BCUT2D eigenvalue weighted by Crippen LogP contribution is -2.33. The first-order valence-corrected chi connectivity index (χ1v) is 9.24. The van der Waals surface area contributed by atoms with E-state index in [1.807, 2.05) is 61.5 Å². The number of aromatic nitrogens is 2. The van der Waals surface area contributed by atoms with Gasteiger partial charge >= 0.3 is 0 Å². The van der Waals surface area contributed by atoms with Crippen molar-refractivity contribution in [1.29, 1.82) is 0 Å². The number of aromatic amines is 1. The van der Waals surface area contributed by atoms with Crippen LogP contribution in [0, 0.1) is 0 Å². The molecule has 0 saturated carbocycles. The summed E-state index contributed by atoms with van der Waals surface area (Å²) >= 11 is 0. The van der Waals surface area contributed by atoms with Crippen LogP contribution >= 0.6 is 0 Å². The minimum atomic E-state index is 0.00720. The second kappa shape index (κ2) is 9.19. The number of methoxy groups -OCH3 is 2. The first-order valence-electron chi connectivity index (χ1n) is 9.24. The highest BCUT2D eigenvalue weighted by Gasteiger charge is 2.14. The third-order valence-corrected chi connectivity index (χ3v) is 4.62. The number of nitrogens with one attached hydrogen (secondary N) is 1. The predicted octanol–water partition coefficient (Wildman–Crippen LogP) is 3.86. The van der Waals surface area contributed by atoms with E-state index in [0.717, 1.165) is 28.3 Å². The van der Waals surface area contributed by atoms with Gasteiger partial charge in [0.1, 0.15) is 5.75 Å². The van der Waals surface area contributed by atoms with Gasteiger partial charge in [-0.15, -0.1) is 0 Å². The molecule has 0 atom stereocenters. The largest absolute Gasteiger partial charge is 0.497 e. The minimum absolute atomic E-state index is 0.00720. The van der Waals surface area contributed by atoms with Crippen molar-refractivity contribution in [3.63, 3.8) is 0 Å². The number of carbonyl (C=O) groups excluding carboxylic acids is 1. The van der Waals surface area contributed by atoms with Gasteiger partial charge in [0, 0.05) is 31.3 Å². The second-order valence-corrected chi connectivity index (χ2v) is 6.35. The minimum Gasteiger partial charge on any atom is -0.497 e. The van der Waals surface area contributed by atoms with Crippen LogP contribution in [0.1, 0.15) is 17.3 Å². The van der Waals surface area contributed by atoms with Crippen LogP contribution in [-0.4, -0.2) is 54.9 Å². The van der Waals surface area contributed by atoms with E-state index >= 15 is 0 Å². The number of hydrogen-bond donors (Lipinski definition) is 1. The lowest BCUT2D eigenvalue weighted by atomic mass is 10.1. The Morgan fingerprint density at radius 2 is 1.86 bits per heavy atom. The van der Waals surface area contributed by atoms with Crippen LogP contribution in [0.3, 0.4) is 0 Å². The summed E-state index contributed by atoms with van der Waals surface area (Å²) in [6, 6.07) is 17.3. The van der Waals surface area contributed by atoms with Crippen LogP contribution in [0.15, 0.2) is 54.6 Å². The summed E-state index contributed by atoms with van der Waals surface area (Å²) in [6.07, 6.45) is 0. The molecule has 0 saturated heterocycles. The van der Waals surface area contributed by atoms with Crippen LogP contribution in [-0.2, 0) is 4.74 Å². The highest BCUT2D eigenvalue weighted by molar-refractivity contribution is 5.94. The number of amides is 1. The fraction of sp³-hybridized carbons (Fsp3) is 0.273. The molecule has 0 spiro atoms. The summed E-state index contributed by atoms with van der Waals surface area (Å²) in [6.45, 7) is 3.72. The SMILES string of the molecule is CCN(CCOC)C(=O)c1ccc(-c2cc(-c3cccc(OC)c3)n[nH]2)cc1. The van der Waals surface area contributed by atoms with Crippen molar-refractivity contribution in [3.8, 4) is 28.3 Å². The van der Waals surface area contributed by atoms with Gasteiger partial charge < -0.3 is 14.4 Å². The Kier molecular flexibility index (Phi) is 6.45. The Hall–Kier alpha value is -3.12. The lowest BCUT2D eigenvalue weighted by molar-refractivity contribution is 0.0706. The fourth-order valence-electron chi connectivity index (χ4n) is 2.98. The van der Waals surface area contributed by atoms with E-state index in [9.17, 15) is 4.79 Å². The van der Waals surface area contributed by atoms with Crippen molar-refractivity contribution in [2.45, 2.75) is 6.92 Å². The Labute approximate surface area is 165 Å². The van der Waals surface area contributed by atoms with Gasteiger partial charge in [-0.1, -0.05) is 24.3 Å². The zero-order chi connectivity index (χ0) is 19.9. The zero-order valence-electron chi connectivity index (χ0n) is 16.4. The van der Waals surface area contributed by atoms with E-state index in [0.29, 0.717) is 25.3 Å². The number of ether oxygens (including phenoxy) is 2. The first-order chi connectivity index (χ1) is 13.7. The molecule has 6 nitrogen and oxygen atoms in total. The molecule has 1 aromatic heterocycles. The van der Waals surface area contributed by atoms with Crippen LogP contribution in [0.4, 0.5) is 0 Å². The molecular weight excluding hydrogens is 354 g/mol. The summed E-state index contributed by atoms with van der Waals surface area (Å²) in [5, 5.41) is 7.47. The van der Waals surface area contributed by atoms with E-state index in [4.69, 9.17) is 9.47 Å². The molecule has 0 bridgehead atoms. The smallest absolute Gasteiger partial charge is 0.253 e. The van der Waals surface area contributed by atoms with Gasteiger partial charge in [0.05, 0.1) is 25.1 Å². The van der Waals surface area contributed by atoms with Crippen LogP contribution in [0.5, 0.6) is 5.75 Å². The molecule has 3 rings (SSSR count). The van der Waals surface area contributed by atoms with Gasteiger partial charge in [0.15, 0.2) is 0 Å². The van der Waals surface area contributed by atoms with Gasteiger partial charge in [0.25, 0.3) is 5.91 Å². The average Bonchev–Trinajstić information content (AvgIpc) is 3.24. The molecule has 2 aromatic carbocycles. The summed E-state index contributed by atoms with van der Waals surface area (Å²) in [7, 11) is 3.28. The van der Waals surface area contributed by atoms with Crippen molar-refractivity contribution in [3.05, 3.63) is 60.2 Å². The number of likely N-dealkylation sites (N-methyl/N-ethyl adjacent to an activating group) is 1. The summed E-state index contributed by atoms with van der Waals surface area (Å²) < 4.78 is 10.4. The number of H-pyrrole nitrogens is 1. The van der Waals surface area contributed by atoms with Gasteiger partial charge in [0.2, 0.25) is 0 Å². The molecular formula is C22H25N3O3. The zero-order valence-corrected chi connectivity index (χ0v) is 16.4. The Morgan fingerprint density at radius 1 is 1.07 bits per heavy atom. The van der Waals surface area contributed by atoms with Crippen molar-refractivity contribution in [2.24, 2.45) is 0 Å². The van der Waals surface area contributed by atoms with E-state index in [1.54, 1.807) is 19.1 Å².